The summed E-state index contributed by atoms with van der Waals surface area (Å²) in [4.78, 5) is 24.9. The highest BCUT2D eigenvalue weighted by molar-refractivity contribution is 7.16. The Morgan fingerprint density at radius 3 is 2.70 bits per heavy atom. The van der Waals surface area contributed by atoms with Crippen molar-refractivity contribution in [2.75, 3.05) is 18.5 Å². The van der Waals surface area contributed by atoms with Gasteiger partial charge in [0, 0.05) is 4.88 Å². The number of thiophene rings is 1. The second kappa shape index (κ2) is 8.69. The summed E-state index contributed by atoms with van der Waals surface area (Å²) in [5.41, 5.74) is 2.75. The van der Waals surface area contributed by atoms with Crippen LogP contribution in [0, 0.1) is 11.3 Å². The van der Waals surface area contributed by atoms with Crippen molar-refractivity contribution in [1.29, 1.82) is 5.26 Å². The number of carbonyl (C=O) groups is 2. The Balaban J connectivity index is 1.45. The highest BCUT2D eigenvalue weighted by Gasteiger charge is 2.23. The summed E-state index contributed by atoms with van der Waals surface area (Å²) >= 11 is 1.43. The molecule has 1 aromatic carbocycles. The van der Waals surface area contributed by atoms with E-state index in [1.807, 2.05) is 12.1 Å². The normalized spacial score (nSPS) is 12.1. The summed E-state index contributed by atoms with van der Waals surface area (Å²) in [5.74, 6) is -0.522. The zero-order valence-corrected chi connectivity index (χ0v) is 15.9. The number of benzene rings is 1. The maximum absolute atomic E-state index is 12.0. The van der Waals surface area contributed by atoms with Crippen molar-refractivity contribution >= 4 is 28.2 Å². The number of anilines is 1. The highest BCUT2D eigenvalue weighted by atomic mass is 32.1. The van der Waals surface area contributed by atoms with Gasteiger partial charge in [-0.25, -0.2) is 4.79 Å². The van der Waals surface area contributed by atoms with Crippen LogP contribution in [0.2, 0.25) is 0 Å². The Morgan fingerprint density at radius 2 is 2.00 bits per heavy atom. The number of aryl methyl sites for hydroxylation is 2. The maximum Gasteiger partial charge on any atom is 0.344 e. The molecule has 0 spiro atoms. The molecule has 0 saturated carbocycles. The van der Waals surface area contributed by atoms with E-state index in [-0.39, 0.29) is 6.61 Å². The second-order valence-corrected chi connectivity index (χ2v) is 7.27. The molecular formula is C20H20N2O4S. The number of fused-ring (bicyclic) bond motifs is 1. The Kier molecular flexibility index (Phi) is 6.09. The van der Waals surface area contributed by atoms with Gasteiger partial charge in [-0.1, -0.05) is 19.1 Å². The number of rotatable bonds is 7. The SMILES string of the molecule is CCc1ccc(OCC(=O)OCC(=O)Nc2sc3c(c2C#N)CCC3)cc1. The van der Waals surface area contributed by atoms with Gasteiger partial charge in [-0.05, 0) is 48.9 Å². The van der Waals surface area contributed by atoms with Gasteiger partial charge in [0.1, 0.15) is 16.8 Å². The van der Waals surface area contributed by atoms with E-state index in [1.54, 1.807) is 12.1 Å². The molecule has 140 valence electrons. The third-order valence-electron chi connectivity index (χ3n) is 4.34. The number of carbonyl (C=O) groups excluding carboxylic acids is 2. The van der Waals surface area contributed by atoms with E-state index in [2.05, 4.69) is 18.3 Å². The lowest BCUT2D eigenvalue weighted by molar-refractivity contribution is -0.149. The summed E-state index contributed by atoms with van der Waals surface area (Å²) < 4.78 is 10.3. The average molecular weight is 384 g/mol. The van der Waals surface area contributed by atoms with E-state index in [0.29, 0.717) is 16.3 Å². The summed E-state index contributed by atoms with van der Waals surface area (Å²) in [6, 6.07) is 9.60. The van der Waals surface area contributed by atoms with Crippen LogP contribution in [-0.4, -0.2) is 25.1 Å². The van der Waals surface area contributed by atoms with Gasteiger partial charge in [-0.2, -0.15) is 5.26 Å². The molecule has 1 N–H and O–H groups in total. The quantitative estimate of drug-likeness (QED) is 0.741. The fraction of sp³-hybridized carbons (Fsp3) is 0.350. The van der Waals surface area contributed by atoms with Gasteiger partial charge in [-0.15, -0.1) is 11.3 Å². The van der Waals surface area contributed by atoms with Crippen LogP contribution in [0.15, 0.2) is 24.3 Å². The first-order valence-corrected chi connectivity index (χ1v) is 9.64. The number of hydrogen-bond acceptors (Lipinski definition) is 6. The van der Waals surface area contributed by atoms with Crippen LogP contribution in [0.3, 0.4) is 0 Å². The van der Waals surface area contributed by atoms with Gasteiger partial charge >= 0.3 is 5.97 Å². The predicted octanol–water partition coefficient (Wildman–Crippen LogP) is 3.23. The first-order chi connectivity index (χ1) is 13.1. The van der Waals surface area contributed by atoms with Crippen molar-refractivity contribution in [2.24, 2.45) is 0 Å². The number of nitriles is 1. The molecule has 1 aliphatic rings. The molecule has 0 atom stereocenters. The van der Waals surface area contributed by atoms with Crippen molar-refractivity contribution < 1.29 is 19.1 Å². The van der Waals surface area contributed by atoms with Crippen molar-refractivity contribution in [2.45, 2.75) is 32.6 Å². The lowest BCUT2D eigenvalue weighted by atomic mass is 10.1. The molecule has 1 aliphatic carbocycles. The number of esters is 1. The Labute approximate surface area is 161 Å². The zero-order valence-electron chi connectivity index (χ0n) is 15.0. The van der Waals surface area contributed by atoms with Crippen LogP contribution in [0.1, 0.15) is 34.9 Å². The molecule has 0 saturated heterocycles. The van der Waals surface area contributed by atoms with E-state index in [4.69, 9.17) is 9.47 Å². The molecule has 0 bridgehead atoms. The molecule has 0 fully saturated rings. The fourth-order valence-electron chi connectivity index (χ4n) is 2.92. The zero-order chi connectivity index (χ0) is 19.2. The van der Waals surface area contributed by atoms with Gasteiger partial charge < -0.3 is 14.8 Å². The topological polar surface area (TPSA) is 88.4 Å². The van der Waals surface area contributed by atoms with Crippen molar-refractivity contribution in [1.82, 2.24) is 0 Å². The summed E-state index contributed by atoms with van der Waals surface area (Å²) in [6.07, 6.45) is 3.79. The van der Waals surface area contributed by atoms with Crippen molar-refractivity contribution in [3.63, 3.8) is 0 Å². The van der Waals surface area contributed by atoms with Crippen LogP contribution in [0.4, 0.5) is 5.00 Å². The van der Waals surface area contributed by atoms with Crippen molar-refractivity contribution in [3.05, 3.63) is 45.8 Å². The van der Waals surface area contributed by atoms with Crippen molar-refractivity contribution in [3.8, 4) is 11.8 Å². The standard InChI is InChI=1S/C20H20N2O4S/c1-2-13-6-8-14(9-7-13)25-12-19(24)26-11-18(23)22-20-16(10-21)15-4-3-5-17(15)27-20/h6-9H,2-5,11-12H2,1H3,(H,22,23). The molecule has 1 aromatic heterocycles. The van der Waals surface area contributed by atoms with Gasteiger partial charge in [-0.3, -0.25) is 4.79 Å². The molecule has 1 heterocycles. The molecule has 2 aromatic rings. The van der Waals surface area contributed by atoms with E-state index >= 15 is 0 Å². The third kappa shape index (κ3) is 4.66. The van der Waals surface area contributed by atoms with Crippen LogP contribution in [0.25, 0.3) is 0 Å². The number of hydrogen-bond donors (Lipinski definition) is 1. The lowest BCUT2D eigenvalue weighted by Gasteiger charge is -2.08. The lowest BCUT2D eigenvalue weighted by Crippen LogP contribution is -2.23. The van der Waals surface area contributed by atoms with Gasteiger partial charge in [0.2, 0.25) is 0 Å². The van der Waals surface area contributed by atoms with Gasteiger partial charge in [0.15, 0.2) is 13.2 Å². The summed E-state index contributed by atoms with van der Waals surface area (Å²) in [6.45, 7) is 1.38. The minimum absolute atomic E-state index is 0.268. The van der Waals surface area contributed by atoms with Gasteiger partial charge in [0.25, 0.3) is 5.91 Å². The monoisotopic (exact) mass is 384 g/mol. The second-order valence-electron chi connectivity index (χ2n) is 6.17. The highest BCUT2D eigenvalue weighted by Crippen LogP contribution is 2.38. The molecule has 0 unspecified atom stereocenters. The summed E-state index contributed by atoms with van der Waals surface area (Å²) in [5, 5.41) is 12.5. The largest absolute Gasteiger partial charge is 0.482 e. The number of amides is 1. The molecule has 3 rings (SSSR count). The van der Waals surface area contributed by atoms with E-state index < -0.39 is 18.5 Å². The fourth-order valence-corrected chi connectivity index (χ4v) is 4.18. The van der Waals surface area contributed by atoms with Gasteiger partial charge in [0.05, 0.1) is 5.56 Å². The minimum atomic E-state index is -0.626. The molecule has 0 radical (unpaired) electrons. The molecule has 7 heteroatoms. The van der Waals surface area contributed by atoms with Crippen LogP contribution < -0.4 is 10.1 Å². The average Bonchev–Trinajstić information content (AvgIpc) is 3.25. The first kappa shape index (κ1) is 18.9. The molecule has 0 aliphatic heterocycles. The predicted molar refractivity (Wildman–Crippen MR) is 102 cm³/mol. The first-order valence-electron chi connectivity index (χ1n) is 8.82. The molecular weight excluding hydrogens is 364 g/mol. The number of nitrogens with one attached hydrogen (secondary N) is 1. The van der Waals surface area contributed by atoms with Crippen LogP contribution in [-0.2, 0) is 33.6 Å². The Bertz CT molecular complexity index is 881. The molecule has 1 amide bonds. The van der Waals surface area contributed by atoms with Crippen LogP contribution >= 0.6 is 11.3 Å². The molecule has 6 nitrogen and oxygen atoms in total. The van der Waals surface area contributed by atoms with E-state index in [1.165, 1.54) is 16.9 Å². The summed E-state index contributed by atoms with van der Waals surface area (Å²) in [7, 11) is 0. The van der Waals surface area contributed by atoms with E-state index in [9.17, 15) is 14.9 Å². The maximum atomic E-state index is 12.0. The Hall–Kier alpha value is -2.85. The van der Waals surface area contributed by atoms with Crippen LogP contribution in [0.5, 0.6) is 5.75 Å². The van der Waals surface area contributed by atoms with E-state index in [0.717, 1.165) is 36.1 Å². The number of ether oxygens (including phenoxy) is 2. The minimum Gasteiger partial charge on any atom is -0.482 e. The molecule has 27 heavy (non-hydrogen) atoms. The Morgan fingerprint density at radius 1 is 1.22 bits per heavy atom. The smallest absolute Gasteiger partial charge is 0.344 e. The third-order valence-corrected chi connectivity index (χ3v) is 5.55. The number of nitrogens with zero attached hydrogens (tertiary/aromatic N) is 1.